The van der Waals surface area contributed by atoms with Gasteiger partial charge in [-0.15, -0.1) is 0 Å². The molecule has 25 heavy (non-hydrogen) atoms. The van der Waals surface area contributed by atoms with Crippen molar-refractivity contribution >= 4 is 17.5 Å². The molecule has 1 aliphatic rings. The summed E-state index contributed by atoms with van der Waals surface area (Å²) in [6, 6.07) is 13.9. The quantitative estimate of drug-likeness (QED) is 0.755. The molecule has 126 valence electrons. The highest BCUT2D eigenvalue weighted by Gasteiger charge is 2.27. The first-order valence-electron chi connectivity index (χ1n) is 8.21. The van der Waals surface area contributed by atoms with Crippen molar-refractivity contribution in [2.45, 2.75) is 26.2 Å². The third-order valence-corrected chi connectivity index (χ3v) is 4.50. The van der Waals surface area contributed by atoms with Crippen molar-refractivity contribution in [3.05, 3.63) is 65.0 Å². The molecule has 2 aromatic heterocycles. The van der Waals surface area contributed by atoms with Gasteiger partial charge in [0.25, 0.3) is 0 Å². The van der Waals surface area contributed by atoms with E-state index in [1.807, 2.05) is 48.9 Å². The predicted octanol–water partition coefficient (Wildman–Crippen LogP) is 2.94. The lowest BCUT2D eigenvalue weighted by Crippen LogP contribution is -2.24. The Hall–Kier alpha value is -3.15. The van der Waals surface area contributed by atoms with E-state index in [0.717, 1.165) is 28.2 Å². The Morgan fingerprint density at radius 1 is 1.20 bits per heavy atom. The number of aryl methyl sites for hydroxylation is 2. The van der Waals surface area contributed by atoms with Gasteiger partial charge in [0.2, 0.25) is 5.91 Å². The number of carbonyl (C=O) groups excluding carboxylic acids is 1. The van der Waals surface area contributed by atoms with Crippen LogP contribution in [0.25, 0.3) is 5.69 Å². The van der Waals surface area contributed by atoms with Crippen molar-refractivity contribution in [3.63, 3.8) is 0 Å². The lowest BCUT2D eigenvalue weighted by Gasteiger charge is -2.25. The standard InChI is InChI=1S/C19H19N5O/c1-11-8-12(2)24(23-11)14-5-3-4-13(9-14)16-10-18(25)22-19-15(16)6-7-17(20)21-19/h3-9,16H,10H2,1-2H3,(H3,20,21,22,25)/t16-/m0/s1. The smallest absolute Gasteiger partial charge is 0.226 e. The Balaban J connectivity index is 1.80. The number of anilines is 2. The van der Waals surface area contributed by atoms with Crippen molar-refractivity contribution in [2.75, 3.05) is 11.1 Å². The Bertz CT molecular complexity index is 976. The van der Waals surface area contributed by atoms with E-state index >= 15 is 0 Å². The number of benzene rings is 1. The Morgan fingerprint density at radius 2 is 2.04 bits per heavy atom. The molecule has 3 N–H and O–H groups in total. The maximum atomic E-state index is 12.1. The van der Waals surface area contributed by atoms with Gasteiger partial charge in [-0.25, -0.2) is 9.67 Å². The Labute approximate surface area is 145 Å². The van der Waals surface area contributed by atoms with Crippen LogP contribution in [0, 0.1) is 13.8 Å². The predicted molar refractivity (Wildman–Crippen MR) is 96.8 cm³/mol. The second-order valence-electron chi connectivity index (χ2n) is 6.41. The van der Waals surface area contributed by atoms with Gasteiger partial charge in [0, 0.05) is 23.6 Å². The minimum atomic E-state index is -0.0490. The van der Waals surface area contributed by atoms with Gasteiger partial charge >= 0.3 is 0 Å². The van der Waals surface area contributed by atoms with Crippen molar-refractivity contribution in [3.8, 4) is 5.69 Å². The minimum Gasteiger partial charge on any atom is -0.384 e. The molecule has 6 nitrogen and oxygen atoms in total. The summed E-state index contributed by atoms with van der Waals surface area (Å²) in [4.78, 5) is 16.4. The number of rotatable bonds is 2. The van der Waals surface area contributed by atoms with Crippen LogP contribution in [-0.2, 0) is 4.79 Å². The summed E-state index contributed by atoms with van der Waals surface area (Å²) in [5.74, 6) is 0.856. The Kier molecular flexibility index (Phi) is 3.53. The SMILES string of the molecule is Cc1cc(C)n(-c2cccc([C@@H]3CC(=O)Nc4nc(N)ccc43)c2)n1. The summed E-state index contributed by atoms with van der Waals surface area (Å²) >= 11 is 0. The number of hydrogen-bond acceptors (Lipinski definition) is 4. The second kappa shape index (κ2) is 5.73. The molecule has 3 aromatic rings. The molecule has 3 heterocycles. The van der Waals surface area contributed by atoms with E-state index in [4.69, 9.17) is 5.73 Å². The van der Waals surface area contributed by atoms with E-state index in [2.05, 4.69) is 21.5 Å². The fourth-order valence-corrected chi connectivity index (χ4v) is 3.41. The number of nitrogens with zero attached hydrogens (tertiary/aromatic N) is 3. The van der Waals surface area contributed by atoms with Gasteiger partial charge < -0.3 is 11.1 Å². The van der Waals surface area contributed by atoms with Crippen LogP contribution < -0.4 is 11.1 Å². The molecule has 0 bridgehead atoms. The van der Waals surface area contributed by atoms with Crippen LogP contribution in [0.3, 0.4) is 0 Å². The van der Waals surface area contributed by atoms with Gasteiger partial charge in [0.05, 0.1) is 11.4 Å². The first-order valence-corrected chi connectivity index (χ1v) is 8.21. The topological polar surface area (TPSA) is 85.8 Å². The zero-order chi connectivity index (χ0) is 17.6. The lowest BCUT2D eigenvalue weighted by atomic mass is 9.86. The number of nitrogen functional groups attached to an aromatic ring is 1. The highest BCUT2D eigenvalue weighted by molar-refractivity contribution is 5.94. The fourth-order valence-electron chi connectivity index (χ4n) is 3.41. The molecule has 0 spiro atoms. The number of hydrogen-bond donors (Lipinski definition) is 2. The van der Waals surface area contributed by atoms with Crippen molar-refractivity contribution in [2.24, 2.45) is 0 Å². The van der Waals surface area contributed by atoms with E-state index in [1.165, 1.54) is 0 Å². The number of carbonyl (C=O) groups is 1. The van der Waals surface area contributed by atoms with E-state index in [1.54, 1.807) is 6.07 Å². The minimum absolute atomic E-state index is 0.0474. The molecule has 0 radical (unpaired) electrons. The summed E-state index contributed by atoms with van der Waals surface area (Å²) in [6.07, 6.45) is 0.388. The number of fused-ring (bicyclic) bond motifs is 1. The third kappa shape index (κ3) is 2.76. The zero-order valence-electron chi connectivity index (χ0n) is 14.2. The van der Waals surface area contributed by atoms with Crippen molar-refractivity contribution < 1.29 is 4.79 Å². The van der Waals surface area contributed by atoms with Crippen molar-refractivity contribution in [1.82, 2.24) is 14.8 Å². The summed E-state index contributed by atoms with van der Waals surface area (Å²) in [6.45, 7) is 4.01. The summed E-state index contributed by atoms with van der Waals surface area (Å²) in [5, 5.41) is 7.36. The molecular formula is C19H19N5O. The normalized spacial score (nSPS) is 16.4. The Morgan fingerprint density at radius 3 is 2.80 bits per heavy atom. The van der Waals surface area contributed by atoms with Gasteiger partial charge in [-0.1, -0.05) is 18.2 Å². The van der Waals surface area contributed by atoms with Gasteiger partial charge in [0.15, 0.2) is 0 Å². The van der Waals surface area contributed by atoms with Crippen LogP contribution in [0.1, 0.15) is 34.9 Å². The number of nitrogens with two attached hydrogens (primary N) is 1. The highest BCUT2D eigenvalue weighted by atomic mass is 16.1. The molecule has 0 unspecified atom stereocenters. The molecule has 1 atom stereocenters. The molecule has 0 saturated carbocycles. The van der Waals surface area contributed by atoms with Gasteiger partial charge in [0.1, 0.15) is 11.6 Å². The van der Waals surface area contributed by atoms with E-state index in [0.29, 0.717) is 18.1 Å². The molecule has 1 aliphatic heterocycles. The maximum absolute atomic E-state index is 12.1. The lowest BCUT2D eigenvalue weighted by molar-refractivity contribution is -0.116. The average Bonchev–Trinajstić information content (AvgIpc) is 2.92. The van der Waals surface area contributed by atoms with Crippen LogP contribution in [0.2, 0.25) is 0 Å². The summed E-state index contributed by atoms with van der Waals surface area (Å²) < 4.78 is 1.92. The molecule has 0 saturated heterocycles. The summed E-state index contributed by atoms with van der Waals surface area (Å²) in [5.41, 5.74) is 10.8. The third-order valence-electron chi connectivity index (χ3n) is 4.50. The van der Waals surface area contributed by atoms with Gasteiger partial charge in [-0.3, -0.25) is 4.79 Å². The second-order valence-corrected chi connectivity index (χ2v) is 6.41. The van der Waals surface area contributed by atoms with Crippen LogP contribution in [0.15, 0.2) is 42.5 Å². The maximum Gasteiger partial charge on any atom is 0.226 e. The molecule has 0 aliphatic carbocycles. The first-order chi connectivity index (χ1) is 12.0. The number of aromatic nitrogens is 3. The zero-order valence-corrected chi connectivity index (χ0v) is 14.2. The first kappa shape index (κ1) is 15.4. The highest BCUT2D eigenvalue weighted by Crippen LogP contribution is 2.37. The molecule has 4 rings (SSSR count). The largest absolute Gasteiger partial charge is 0.384 e. The molecule has 0 fully saturated rings. The van der Waals surface area contributed by atoms with Crippen LogP contribution in [0.4, 0.5) is 11.6 Å². The molecule has 1 amide bonds. The average molecular weight is 333 g/mol. The van der Waals surface area contributed by atoms with Crippen LogP contribution in [0.5, 0.6) is 0 Å². The van der Waals surface area contributed by atoms with Crippen LogP contribution in [-0.4, -0.2) is 20.7 Å². The van der Waals surface area contributed by atoms with Crippen molar-refractivity contribution in [1.29, 1.82) is 0 Å². The number of pyridine rings is 1. The van der Waals surface area contributed by atoms with E-state index in [-0.39, 0.29) is 11.8 Å². The van der Waals surface area contributed by atoms with E-state index < -0.39 is 0 Å². The fraction of sp³-hybridized carbons (Fsp3) is 0.211. The van der Waals surface area contributed by atoms with Gasteiger partial charge in [-0.2, -0.15) is 5.10 Å². The van der Waals surface area contributed by atoms with Gasteiger partial charge in [-0.05, 0) is 43.7 Å². The molecular weight excluding hydrogens is 314 g/mol. The monoisotopic (exact) mass is 333 g/mol. The molecule has 6 heteroatoms. The van der Waals surface area contributed by atoms with E-state index in [9.17, 15) is 4.79 Å². The number of amides is 1. The molecule has 1 aromatic carbocycles. The summed E-state index contributed by atoms with van der Waals surface area (Å²) in [7, 11) is 0. The van der Waals surface area contributed by atoms with Crippen LogP contribution >= 0.6 is 0 Å². The number of nitrogens with one attached hydrogen (secondary N) is 1.